The largest absolute Gasteiger partial charge is 0.352 e. The van der Waals surface area contributed by atoms with Crippen LogP contribution in [0, 0.1) is 0 Å². The number of benzene rings is 2. The standard InChI is InChI=1S/C24H27N3O/c28-24(17-20-9-11-23(12-10-20)27-15-5-6-16-27)25-18-21-7-1-2-8-22(21)19-26-13-3-4-14-26/h1-2,5-12,15-16H,3-4,13-14,17-19H2,(H,25,28). The average molecular weight is 374 g/mol. The fourth-order valence-corrected chi connectivity index (χ4v) is 3.80. The third-order valence-electron chi connectivity index (χ3n) is 5.39. The molecule has 28 heavy (non-hydrogen) atoms. The van der Waals surface area contributed by atoms with Crippen LogP contribution in [0.15, 0.2) is 73.1 Å². The minimum Gasteiger partial charge on any atom is -0.352 e. The molecule has 1 aromatic heterocycles. The van der Waals surface area contributed by atoms with Crippen molar-refractivity contribution in [1.82, 2.24) is 14.8 Å². The molecule has 1 N–H and O–H groups in total. The molecule has 4 rings (SSSR count). The molecule has 1 amide bonds. The molecule has 2 heterocycles. The molecule has 0 bridgehead atoms. The summed E-state index contributed by atoms with van der Waals surface area (Å²) in [4.78, 5) is 14.9. The molecular weight excluding hydrogens is 346 g/mol. The van der Waals surface area contributed by atoms with Crippen LogP contribution >= 0.6 is 0 Å². The van der Waals surface area contributed by atoms with Crippen LogP contribution < -0.4 is 5.32 Å². The molecule has 0 saturated carbocycles. The number of hydrogen-bond donors (Lipinski definition) is 1. The van der Waals surface area contributed by atoms with Gasteiger partial charge in [-0.15, -0.1) is 0 Å². The summed E-state index contributed by atoms with van der Waals surface area (Å²) in [7, 11) is 0. The van der Waals surface area contributed by atoms with Crippen molar-refractivity contribution in [2.75, 3.05) is 13.1 Å². The van der Waals surface area contributed by atoms with Crippen molar-refractivity contribution in [3.8, 4) is 5.69 Å². The van der Waals surface area contributed by atoms with Gasteiger partial charge in [0.15, 0.2) is 0 Å². The van der Waals surface area contributed by atoms with Crippen LogP contribution in [0.25, 0.3) is 5.69 Å². The molecule has 1 aliphatic rings. The summed E-state index contributed by atoms with van der Waals surface area (Å²) >= 11 is 0. The van der Waals surface area contributed by atoms with Crippen LogP contribution in [0.5, 0.6) is 0 Å². The second-order valence-corrected chi connectivity index (χ2v) is 7.46. The highest BCUT2D eigenvalue weighted by Crippen LogP contribution is 2.16. The first-order valence-electron chi connectivity index (χ1n) is 10.1. The van der Waals surface area contributed by atoms with Crippen molar-refractivity contribution in [2.24, 2.45) is 0 Å². The Labute approximate surface area is 166 Å². The Bertz CT molecular complexity index is 894. The van der Waals surface area contributed by atoms with Gasteiger partial charge in [-0.2, -0.15) is 0 Å². The SMILES string of the molecule is O=C(Cc1ccc(-n2cccc2)cc1)NCc1ccccc1CN1CCCC1. The molecule has 144 valence electrons. The predicted molar refractivity (Wildman–Crippen MR) is 112 cm³/mol. The summed E-state index contributed by atoms with van der Waals surface area (Å²) in [5.74, 6) is 0.0599. The molecule has 4 nitrogen and oxygen atoms in total. The maximum absolute atomic E-state index is 12.4. The lowest BCUT2D eigenvalue weighted by Crippen LogP contribution is -2.26. The number of rotatable bonds is 7. The maximum Gasteiger partial charge on any atom is 0.224 e. The number of nitrogens with zero attached hydrogens (tertiary/aromatic N) is 2. The molecule has 4 heteroatoms. The Morgan fingerprint density at radius 2 is 1.54 bits per heavy atom. The van der Waals surface area contributed by atoms with E-state index >= 15 is 0 Å². The van der Waals surface area contributed by atoms with Crippen LogP contribution in [0.1, 0.15) is 29.5 Å². The Kier molecular flexibility index (Phi) is 5.88. The molecule has 0 radical (unpaired) electrons. The molecule has 1 fully saturated rings. The van der Waals surface area contributed by atoms with E-state index in [-0.39, 0.29) is 5.91 Å². The molecule has 0 spiro atoms. The van der Waals surface area contributed by atoms with Gasteiger partial charge in [-0.3, -0.25) is 9.69 Å². The van der Waals surface area contributed by atoms with Crippen molar-refractivity contribution >= 4 is 5.91 Å². The van der Waals surface area contributed by atoms with Crippen LogP contribution in [0.3, 0.4) is 0 Å². The van der Waals surface area contributed by atoms with Gasteiger partial charge in [-0.1, -0.05) is 36.4 Å². The van der Waals surface area contributed by atoms with Gasteiger partial charge in [0, 0.05) is 31.2 Å². The fourth-order valence-electron chi connectivity index (χ4n) is 3.80. The van der Waals surface area contributed by atoms with E-state index in [0.717, 1.165) is 17.8 Å². The zero-order chi connectivity index (χ0) is 19.2. The third-order valence-corrected chi connectivity index (χ3v) is 5.39. The van der Waals surface area contributed by atoms with E-state index in [4.69, 9.17) is 0 Å². The number of hydrogen-bond acceptors (Lipinski definition) is 2. The second-order valence-electron chi connectivity index (χ2n) is 7.46. The summed E-state index contributed by atoms with van der Waals surface area (Å²) < 4.78 is 2.06. The Hall–Kier alpha value is -2.85. The zero-order valence-electron chi connectivity index (χ0n) is 16.2. The predicted octanol–water partition coefficient (Wildman–Crippen LogP) is 3.93. The number of nitrogens with one attached hydrogen (secondary N) is 1. The first kappa shape index (κ1) is 18.5. The van der Waals surface area contributed by atoms with Gasteiger partial charge in [0.1, 0.15) is 0 Å². The minimum absolute atomic E-state index is 0.0599. The summed E-state index contributed by atoms with van der Waals surface area (Å²) in [6.45, 7) is 3.93. The van der Waals surface area contributed by atoms with E-state index in [9.17, 15) is 4.79 Å². The van der Waals surface area contributed by atoms with E-state index < -0.39 is 0 Å². The number of aromatic nitrogens is 1. The summed E-state index contributed by atoms with van der Waals surface area (Å²) in [5, 5.41) is 3.09. The lowest BCUT2D eigenvalue weighted by molar-refractivity contribution is -0.120. The lowest BCUT2D eigenvalue weighted by atomic mass is 10.1. The molecular formula is C24H27N3O. The highest BCUT2D eigenvalue weighted by Gasteiger charge is 2.14. The maximum atomic E-state index is 12.4. The first-order chi connectivity index (χ1) is 13.8. The van der Waals surface area contributed by atoms with E-state index in [1.165, 1.54) is 37.1 Å². The smallest absolute Gasteiger partial charge is 0.224 e. The van der Waals surface area contributed by atoms with Crippen LogP contribution in [0.2, 0.25) is 0 Å². The van der Waals surface area contributed by atoms with Gasteiger partial charge in [-0.25, -0.2) is 0 Å². The quantitative estimate of drug-likeness (QED) is 0.681. The first-order valence-corrected chi connectivity index (χ1v) is 10.1. The molecule has 0 aliphatic carbocycles. The van der Waals surface area contributed by atoms with E-state index in [2.05, 4.69) is 39.0 Å². The van der Waals surface area contributed by atoms with Crippen molar-refractivity contribution in [1.29, 1.82) is 0 Å². The average Bonchev–Trinajstić information content (AvgIpc) is 3.42. The van der Waals surface area contributed by atoms with Gasteiger partial charge >= 0.3 is 0 Å². The minimum atomic E-state index is 0.0599. The molecule has 1 saturated heterocycles. The lowest BCUT2D eigenvalue weighted by Gasteiger charge is -2.17. The number of carbonyl (C=O) groups is 1. The van der Waals surface area contributed by atoms with Gasteiger partial charge in [0.05, 0.1) is 6.42 Å². The number of carbonyl (C=O) groups excluding carboxylic acids is 1. The van der Waals surface area contributed by atoms with Gasteiger partial charge in [0.25, 0.3) is 0 Å². The Morgan fingerprint density at radius 1 is 0.857 bits per heavy atom. The van der Waals surface area contributed by atoms with Crippen LogP contribution in [-0.4, -0.2) is 28.5 Å². The number of amides is 1. The van der Waals surface area contributed by atoms with Crippen molar-refractivity contribution in [2.45, 2.75) is 32.4 Å². The number of likely N-dealkylation sites (tertiary alicyclic amines) is 1. The van der Waals surface area contributed by atoms with Gasteiger partial charge in [0.2, 0.25) is 5.91 Å². The summed E-state index contributed by atoms with van der Waals surface area (Å²) in [6.07, 6.45) is 7.02. The molecule has 1 aliphatic heterocycles. The molecule has 0 unspecified atom stereocenters. The van der Waals surface area contributed by atoms with Gasteiger partial charge in [-0.05, 0) is 66.9 Å². The fraction of sp³-hybridized carbons (Fsp3) is 0.292. The topological polar surface area (TPSA) is 37.3 Å². The summed E-state index contributed by atoms with van der Waals surface area (Å²) in [6, 6.07) is 20.6. The molecule has 0 atom stereocenters. The van der Waals surface area contributed by atoms with E-state index in [1.54, 1.807) is 0 Å². The van der Waals surface area contributed by atoms with E-state index in [1.807, 2.05) is 48.8 Å². The van der Waals surface area contributed by atoms with Crippen molar-refractivity contribution in [3.63, 3.8) is 0 Å². The Balaban J connectivity index is 1.32. The molecule has 2 aromatic carbocycles. The zero-order valence-corrected chi connectivity index (χ0v) is 16.2. The third kappa shape index (κ3) is 4.70. The van der Waals surface area contributed by atoms with E-state index in [0.29, 0.717) is 13.0 Å². The Morgan fingerprint density at radius 3 is 2.25 bits per heavy atom. The monoisotopic (exact) mass is 373 g/mol. The van der Waals surface area contributed by atoms with Crippen LogP contribution in [-0.2, 0) is 24.3 Å². The summed E-state index contributed by atoms with van der Waals surface area (Å²) in [5.41, 5.74) is 4.66. The highest BCUT2D eigenvalue weighted by molar-refractivity contribution is 5.78. The molecule has 3 aromatic rings. The normalized spacial score (nSPS) is 14.3. The highest BCUT2D eigenvalue weighted by atomic mass is 16.1. The van der Waals surface area contributed by atoms with Crippen LogP contribution in [0.4, 0.5) is 0 Å². The van der Waals surface area contributed by atoms with Crippen molar-refractivity contribution < 1.29 is 4.79 Å². The second kappa shape index (κ2) is 8.89. The van der Waals surface area contributed by atoms with Gasteiger partial charge < -0.3 is 9.88 Å². The van der Waals surface area contributed by atoms with Crippen molar-refractivity contribution in [3.05, 3.63) is 89.7 Å².